The lowest BCUT2D eigenvalue weighted by Gasteiger charge is -2.34. The molecule has 186 valence electrons. The van der Waals surface area contributed by atoms with Gasteiger partial charge in [0.1, 0.15) is 11.1 Å². The van der Waals surface area contributed by atoms with Crippen molar-refractivity contribution in [1.82, 2.24) is 24.4 Å². The number of benzene rings is 1. The molecule has 10 nitrogen and oxygen atoms in total. The van der Waals surface area contributed by atoms with Crippen LogP contribution in [0, 0.1) is 11.3 Å². The molecule has 2 N–H and O–H groups in total. The molecule has 5 rings (SSSR count). The molecule has 1 amide bonds. The summed E-state index contributed by atoms with van der Waals surface area (Å²) in [5.74, 6) is 1.63. The van der Waals surface area contributed by atoms with Gasteiger partial charge in [0, 0.05) is 29.0 Å². The zero-order valence-corrected chi connectivity index (χ0v) is 22.2. The highest BCUT2D eigenvalue weighted by atomic mass is 79.9. The lowest BCUT2D eigenvalue weighted by Crippen LogP contribution is -2.43. The summed E-state index contributed by atoms with van der Waals surface area (Å²) >= 11 is 5.02. The second kappa shape index (κ2) is 9.38. The number of nitrogens with one attached hydrogen (secondary N) is 2. The normalized spacial score (nSPS) is 17.7. The van der Waals surface area contributed by atoms with Gasteiger partial charge >= 0.3 is 6.09 Å². The van der Waals surface area contributed by atoms with Crippen LogP contribution in [-0.2, 0) is 11.3 Å². The number of aromatic amines is 1. The molecule has 12 heteroatoms. The van der Waals surface area contributed by atoms with Crippen molar-refractivity contribution in [2.45, 2.75) is 55.8 Å². The van der Waals surface area contributed by atoms with E-state index >= 15 is 0 Å². The summed E-state index contributed by atoms with van der Waals surface area (Å²) in [5.41, 5.74) is 0.861. The molecule has 1 saturated heterocycles. The van der Waals surface area contributed by atoms with Crippen LogP contribution in [-0.4, -0.2) is 56.0 Å². The fraction of sp³-hybridized carbons (Fsp3) is 0.478. The summed E-state index contributed by atoms with van der Waals surface area (Å²) in [7, 11) is 0. The summed E-state index contributed by atoms with van der Waals surface area (Å²) in [6, 6.07) is 3.79. The molecular formula is C23H27BrN6O4S. The zero-order valence-electron chi connectivity index (χ0n) is 19.8. The molecule has 0 spiro atoms. The van der Waals surface area contributed by atoms with E-state index in [1.165, 1.54) is 11.8 Å². The van der Waals surface area contributed by atoms with E-state index < -0.39 is 5.60 Å². The van der Waals surface area contributed by atoms with Crippen LogP contribution in [0.25, 0.3) is 11.2 Å². The van der Waals surface area contributed by atoms with E-state index in [0.717, 1.165) is 22.2 Å². The van der Waals surface area contributed by atoms with Crippen molar-refractivity contribution in [1.29, 1.82) is 5.41 Å². The Morgan fingerprint density at radius 1 is 1.34 bits per heavy atom. The summed E-state index contributed by atoms with van der Waals surface area (Å²) in [5, 5.41) is 8.91. The number of H-pyrrole nitrogens is 1. The van der Waals surface area contributed by atoms with Crippen LogP contribution in [0.2, 0.25) is 0 Å². The van der Waals surface area contributed by atoms with Crippen molar-refractivity contribution in [3.8, 4) is 11.5 Å². The Bertz CT molecular complexity index is 1330. The van der Waals surface area contributed by atoms with Crippen LogP contribution in [0.1, 0.15) is 33.6 Å². The van der Waals surface area contributed by atoms with E-state index in [2.05, 4.69) is 25.9 Å². The number of piperidine rings is 1. The van der Waals surface area contributed by atoms with Crippen LogP contribution < -0.4 is 15.0 Å². The monoisotopic (exact) mass is 562 g/mol. The Hall–Kier alpha value is -2.73. The van der Waals surface area contributed by atoms with Crippen molar-refractivity contribution in [3.05, 3.63) is 28.4 Å². The number of imidazole rings is 1. The number of halogens is 1. The van der Waals surface area contributed by atoms with Crippen molar-refractivity contribution in [3.63, 3.8) is 0 Å². The number of likely N-dealkylation sites (tertiary alicyclic amines) is 1. The number of fused-ring (bicyclic) bond motifs is 2. The standard InChI is InChI=1S/C23H27BrN6O4S/c1-23(2,3)34-22(31)29-6-4-5-13(9-29)10-30-11-26-19(25)18-20(30)28-21(27-18)35-17-8-16-15(7-14(17)24)32-12-33-16/h7-8,11,13,25H,4-6,9-10,12H2,1-3H3,(H,27,28). The van der Waals surface area contributed by atoms with Gasteiger partial charge in [-0.2, -0.15) is 0 Å². The lowest BCUT2D eigenvalue weighted by molar-refractivity contribution is 0.0157. The zero-order chi connectivity index (χ0) is 24.7. The Morgan fingerprint density at radius 3 is 2.89 bits per heavy atom. The first-order chi connectivity index (χ1) is 16.7. The van der Waals surface area contributed by atoms with Gasteiger partial charge in [0.15, 0.2) is 27.8 Å². The minimum atomic E-state index is -0.519. The molecule has 2 aliphatic heterocycles. The predicted molar refractivity (Wildman–Crippen MR) is 133 cm³/mol. The number of amides is 1. The Labute approximate surface area is 215 Å². The van der Waals surface area contributed by atoms with Gasteiger partial charge < -0.3 is 28.7 Å². The molecular weight excluding hydrogens is 536 g/mol. The molecule has 1 unspecified atom stereocenters. The van der Waals surface area contributed by atoms with Crippen LogP contribution in [0.5, 0.6) is 11.5 Å². The molecule has 0 aliphatic carbocycles. The van der Waals surface area contributed by atoms with E-state index in [4.69, 9.17) is 24.6 Å². The van der Waals surface area contributed by atoms with Crippen molar-refractivity contribution in [2.75, 3.05) is 19.9 Å². The lowest BCUT2D eigenvalue weighted by atomic mass is 9.98. The van der Waals surface area contributed by atoms with Crippen LogP contribution in [0.3, 0.4) is 0 Å². The summed E-state index contributed by atoms with van der Waals surface area (Å²) in [6.07, 6.45) is 3.29. The maximum absolute atomic E-state index is 12.6. The number of carbonyl (C=O) groups is 1. The summed E-state index contributed by atoms with van der Waals surface area (Å²) < 4.78 is 19.3. The molecule has 0 saturated carbocycles. The van der Waals surface area contributed by atoms with Crippen molar-refractivity contribution < 1.29 is 19.0 Å². The number of ether oxygens (including phenoxy) is 3. The SMILES string of the molecule is CC(C)(C)OC(=O)N1CCCC(Cn2cnc(=N)c3[nH]c(Sc4cc5c(cc4Br)OCO5)nc32)C1. The Morgan fingerprint density at radius 2 is 2.11 bits per heavy atom. The first kappa shape index (κ1) is 24.0. The van der Waals surface area contributed by atoms with E-state index in [1.807, 2.05) is 37.5 Å². The third-order valence-electron chi connectivity index (χ3n) is 5.76. The Balaban J connectivity index is 1.36. The molecule has 1 aromatic carbocycles. The van der Waals surface area contributed by atoms with Gasteiger partial charge in [-0.15, -0.1) is 0 Å². The average molecular weight is 563 g/mol. The van der Waals surface area contributed by atoms with Crippen LogP contribution in [0.15, 0.2) is 33.0 Å². The molecule has 2 aliphatic rings. The highest BCUT2D eigenvalue weighted by Crippen LogP contribution is 2.42. The molecule has 0 bridgehead atoms. The third kappa shape index (κ3) is 5.27. The number of hydrogen-bond donors (Lipinski definition) is 2. The van der Waals surface area contributed by atoms with Crippen LogP contribution >= 0.6 is 27.7 Å². The number of nitrogens with zero attached hydrogens (tertiary/aromatic N) is 4. The second-order valence-electron chi connectivity index (χ2n) is 9.66. The minimum absolute atomic E-state index is 0.138. The average Bonchev–Trinajstić information content (AvgIpc) is 3.42. The topological polar surface area (TPSA) is 118 Å². The van der Waals surface area contributed by atoms with Gasteiger partial charge in [-0.3, -0.25) is 5.41 Å². The second-order valence-corrected chi connectivity index (χ2v) is 11.5. The minimum Gasteiger partial charge on any atom is -0.454 e. The predicted octanol–water partition coefficient (Wildman–Crippen LogP) is 4.53. The fourth-order valence-corrected chi connectivity index (χ4v) is 5.59. The summed E-state index contributed by atoms with van der Waals surface area (Å²) in [4.78, 5) is 27.5. The molecule has 2 aromatic heterocycles. The number of hydrogen-bond acceptors (Lipinski definition) is 8. The van der Waals surface area contributed by atoms with E-state index in [1.54, 1.807) is 11.2 Å². The first-order valence-electron chi connectivity index (χ1n) is 11.4. The summed E-state index contributed by atoms with van der Waals surface area (Å²) in [6.45, 7) is 7.80. The highest BCUT2D eigenvalue weighted by molar-refractivity contribution is 9.10. The maximum atomic E-state index is 12.6. The molecule has 3 aromatic rings. The van der Waals surface area contributed by atoms with E-state index in [-0.39, 0.29) is 24.3 Å². The maximum Gasteiger partial charge on any atom is 0.410 e. The molecule has 1 fully saturated rings. The molecule has 1 atom stereocenters. The number of rotatable bonds is 4. The van der Waals surface area contributed by atoms with Gasteiger partial charge in [0.25, 0.3) is 0 Å². The van der Waals surface area contributed by atoms with Crippen LogP contribution in [0.4, 0.5) is 4.79 Å². The van der Waals surface area contributed by atoms with Crippen molar-refractivity contribution in [2.24, 2.45) is 5.92 Å². The number of aromatic nitrogens is 4. The molecule has 4 heterocycles. The first-order valence-corrected chi connectivity index (χ1v) is 13.0. The smallest absolute Gasteiger partial charge is 0.410 e. The Kier molecular flexibility index (Phi) is 6.43. The highest BCUT2D eigenvalue weighted by Gasteiger charge is 2.28. The molecule has 0 radical (unpaired) electrons. The van der Waals surface area contributed by atoms with Crippen molar-refractivity contribution >= 4 is 44.9 Å². The quantitative estimate of drug-likeness (QED) is 0.479. The largest absolute Gasteiger partial charge is 0.454 e. The fourth-order valence-electron chi connectivity index (χ4n) is 4.21. The van der Waals surface area contributed by atoms with Gasteiger partial charge in [0.05, 0.1) is 6.33 Å². The number of carbonyl (C=O) groups excluding carboxylic acids is 1. The van der Waals surface area contributed by atoms with E-state index in [9.17, 15) is 4.79 Å². The van der Waals surface area contributed by atoms with Gasteiger partial charge in [0.2, 0.25) is 6.79 Å². The van der Waals surface area contributed by atoms with Gasteiger partial charge in [-0.1, -0.05) is 11.8 Å². The molecule has 35 heavy (non-hydrogen) atoms. The van der Waals surface area contributed by atoms with E-state index in [0.29, 0.717) is 47.5 Å². The van der Waals surface area contributed by atoms with Gasteiger partial charge in [-0.25, -0.2) is 14.8 Å². The third-order valence-corrected chi connectivity index (χ3v) is 7.62. The van der Waals surface area contributed by atoms with Gasteiger partial charge in [-0.05, 0) is 67.6 Å².